The van der Waals surface area contributed by atoms with Crippen LogP contribution in [0.1, 0.15) is 46.5 Å². The van der Waals surface area contributed by atoms with Crippen LogP contribution in [0.25, 0.3) is 0 Å². The highest BCUT2D eigenvalue weighted by Crippen LogP contribution is 2.05. The van der Waals surface area contributed by atoms with Crippen molar-refractivity contribution in [2.24, 2.45) is 11.7 Å². The van der Waals surface area contributed by atoms with Crippen LogP contribution < -0.4 is 11.1 Å². The molecule has 3 heteroatoms. The third kappa shape index (κ3) is 6.89. The highest BCUT2D eigenvalue weighted by molar-refractivity contribution is 5.81. The van der Waals surface area contributed by atoms with Crippen molar-refractivity contribution in [2.45, 2.75) is 52.5 Å². The molecule has 14 heavy (non-hydrogen) atoms. The number of rotatable bonds is 7. The van der Waals surface area contributed by atoms with Crippen molar-refractivity contribution >= 4 is 5.91 Å². The van der Waals surface area contributed by atoms with Crippen LogP contribution in [0.15, 0.2) is 0 Å². The number of carbonyl (C=O) groups is 1. The number of hydrogen-bond acceptors (Lipinski definition) is 2. The average molecular weight is 200 g/mol. The van der Waals surface area contributed by atoms with Gasteiger partial charge in [-0.2, -0.15) is 0 Å². The normalized spacial score (nSPS) is 12.9. The van der Waals surface area contributed by atoms with E-state index in [-0.39, 0.29) is 11.9 Å². The van der Waals surface area contributed by atoms with E-state index < -0.39 is 0 Å². The molecule has 0 radical (unpaired) electrons. The van der Waals surface area contributed by atoms with E-state index in [2.05, 4.69) is 19.2 Å². The molecule has 84 valence electrons. The predicted octanol–water partition coefficient (Wildman–Crippen LogP) is 1.67. The standard InChI is InChI=1S/C11H24N2O/c1-4-10(12)11(14)13-8-6-5-7-9(2)3/h9-10H,4-8,12H2,1-3H3,(H,13,14)/t10-/m1/s1. The largest absolute Gasteiger partial charge is 0.355 e. The summed E-state index contributed by atoms with van der Waals surface area (Å²) in [6, 6.07) is -0.333. The quantitative estimate of drug-likeness (QED) is 0.614. The van der Waals surface area contributed by atoms with Crippen molar-refractivity contribution in [1.82, 2.24) is 5.32 Å². The van der Waals surface area contributed by atoms with Gasteiger partial charge in [-0.1, -0.05) is 33.6 Å². The Labute approximate surface area is 87.4 Å². The zero-order valence-electron chi connectivity index (χ0n) is 9.68. The van der Waals surface area contributed by atoms with Gasteiger partial charge in [0, 0.05) is 6.54 Å². The lowest BCUT2D eigenvalue weighted by atomic mass is 10.1. The minimum absolute atomic E-state index is 0.0166. The summed E-state index contributed by atoms with van der Waals surface area (Å²) in [7, 11) is 0. The molecule has 0 saturated heterocycles. The molecule has 1 atom stereocenters. The van der Waals surface area contributed by atoms with E-state index in [1.165, 1.54) is 12.8 Å². The first-order valence-electron chi connectivity index (χ1n) is 5.61. The summed E-state index contributed by atoms with van der Waals surface area (Å²) >= 11 is 0. The minimum Gasteiger partial charge on any atom is -0.355 e. The predicted molar refractivity (Wildman–Crippen MR) is 60.0 cm³/mol. The van der Waals surface area contributed by atoms with E-state index in [1.807, 2.05) is 6.92 Å². The van der Waals surface area contributed by atoms with Gasteiger partial charge in [0.15, 0.2) is 0 Å². The maximum Gasteiger partial charge on any atom is 0.236 e. The third-order valence-corrected chi connectivity index (χ3v) is 2.28. The second-order valence-electron chi connectivity index (χ2n) is 4.20. The summed E-state index contributed by atoms with van der Waals surface area (Å²) in [6.07, 6.45) is 4.17. The number of carbonyl (C=O) groups excluding carboxylic acids is 1. The number of hydrogen-bond donors (Lipinski definition) is 2. The van der Waals surface area contributed by atoms with Gasteiger partial charge in [-0.3, -0.25) is 4.79 Å². The van der Waals surface area contributed by atoms with Crippen LogP contribution in [-0.2, 0) is 4.79 Å². The lowest BCUT2D eigenvalue weighted by molar-refractivity contribution is -0.122. The number of nitrogens with one attached hydrogen (secondary N) is 1. The van der Waals surface area contributed by atoms with Crippen LogP contribution in [-0.4, -0.2) is 18.5 Å². The Kier molecular flexibility index (Phi) is 7.48. The highest BCUT2D eigenvalue weighted by Gasteiger charge is 2.08. The Hall–Kier alpha value is -0.570. The van der Waals surface area contributed by atoms with E-state index >= 15 is 0 Å². The van der Waals surface area contributed by atoms with Crippen molar-refractivity contribution < 1.29 is 4.79 Å². The maximum absolute atomic E-state index is 11.2. The molecule has 0 heterocycles. The summed E-state index contributed by atoms with van der Waals surface area (Å²) in [6.45, 7) is 7.11. The van der Waals surface area contributed by atoms with Gasteiger partial charge in [-0.15, -0.1) is 0 Å². The second kappa shape index (κ2) is 7.80. The molecule has 0 rings (SSSR count). The first-order valence-corrected chi connectivity index (χ1v) is 5.61. The van der Waals surface area contributed by atoms with E-state index in [0.717, 1.165) is 18.9 Å². The molecule has 0 aromatic heterocycles. The van der Waals surface area contributed by atoms with E-state index in [0.29, 0.717) is 6.42 Å². The van der Waals surface area contributed by atoms with Crippen LogP contribution in [0.3, 0.4) is 0 Å². The molecule has 1 amide bonds. The lowest BCUT2D eigenvalue weighted by Crippen LogP contribution is -2.40. The fourth-order valence-corrected chi connectivity index (χ4v) is 1.21. The number of amides is 1. The van der Waals surface area contributed by atoms with Crippen molar-refractivity contribution in [2.75, 3.05) is 6.54 Å². The Balaban J connectivity index is 3.32. The SMILES string of the molecule is CC[C@@H](N)C(=O)NCCCCC(C)C. The van der Waals surface area contributed by atoms with Gasteiger partial charge in [-0.05, 0) is 18.8 Å². The number of unbranched alkanes of at least 4 members (excludes halogenated alkanes) is 1. The summed E-state index contributed by atoms with van der Waals surface area (Å²) in [5.74, 6) is 0.737. The zero-order chi connectivity index (χ0) is 11.0. The molecule has 3 nitrogen and oxygen atoms in total. The van der Waals surface area contributed by atoms with Crippen LogP contribution in [0.2, 0.25) is 0 Å². The van der Waals surface area contributed by atoms with Crippen molar-refractivity contribution in [1.29, 1.82) is 0 Å². The highest BCUT2D eigenvalue weighted by atomic mass is 16.2. The molecule has 0 saturated carbocycles. The van der Waals surface area contributed by atoms with Crippen molar-refractivity contribution in [3.8, 4) is 0 Å². The van der Waals surface area contributed by atoms with Gasteiger partial charge in [-0.25, -0.2) is 0 Å². The van der Waals surface area contributed by atoms with Gasteiger partial charge >= 0.3 is 0 Å². The lowest BCUT2D eigenvalue weighted by Gasteiger charge is -2.10. The average Bonchev–Trinajstić information content (AvgIpc) is 2.15. The fraction of sp³-hybridized carbons (Fsp3) is 0.909. The molecular formula is C11H24N2O. The second-order valence-corrected chi connectivity index (χ2v) is 4.20. The van der Waals surface area contributed by atoms with E-state index in [4.69, 9.17) is 5.73 Å². The Morgan fingerprint density at radius 2 is 2.00 bits per heavy atom. The van der Waals surface area contributed by atoms with Crippen LogP contribution in [0.5, 0.6) is 0 Å². The molecule has 0 aliphatic heterocycles. The molecule has 0 bridgehead atoms. The molecule has 0 spiro atoms. The first kappa shape index (κ1) is 13.4. The summed E-state index contributed by atoms with van der Waals surface area (Å²) < 4.78 is 0. The molecule has 0 aromatic rings. The molecular weight excluding hydrogens is 176 g/mol. The molecule has 0 unspecified atom stereocenters. The van der Waals surface area contributed by atoms with Crippen LogP contribution >= 0.6 is 0 Å². The van der Waals surface area contributed by atoms with Gasteiger partial charge in [0.2, 0.25) is 5.91 Å². The summed E-state index contributed by atoms with van der Waals surface area (Å²) in [5.41, 5.74) is 5.57. The van der Waals surface area contributed by atoms with E-state index in [1.54, 1.807) is 0 Å². The summed E-state index contributed by atoms with van der Waals surface area (Å²) in [4.78, 5) is 11.2. The molecule has 3 N–H and O–H groups in total. The van der Waals surface area contributed by atoms with Crippen LogP contribution in [0.4, 0.5) is 0 Å². The van der Waals surface area contributed by atoms with Gasteiger partial charge in [0.05, 0.1) is 6.04 Å². The maximum atomic E-state index is 11.2. The van der Waals surface area contributed by atoms with Gasteiger partial charge in [0.1, 0.15) is 0 Å². The summed E-state index contributed by atoms with van der Waals surface area (Å²) in [5, 5.41) is 2.84. The zero-order valence-corrected chi connectivity index (χ0v) is 9.68. The minimum atomic E-state index is -0.333. The Morgan fingerprint density at radius 3 is 2.50 bits per heavy atom. The Bertz CT molecular complexity index is 157. The van der Waals surface area contributed by atoms with Gasteiger partial charge in [0.25, 0.3) is 0 Å². The smallest absolute Gasteiger partial charge is 0.236 e. The molecule has 0 aromatic carbocycles. The number of nitrogens with two attached hydrogens (primary N) is 1. The molecule has 0 fully saturated rings. The monoisotopic (exact) mass is 200 g/mol. The topological polar surface area (TPSA) is 55.1 Å². The fourth-order valence-electron chi connectivity index (χ4n) is 1.21. The van der Waals surface area contributed by atoms with E-state index in [9.17, 15) is 4.79 Å². The van der Waals surface area contributed by atoms with Crippen molar-refractivity contribution in [3.05, 3.63) is 0 Å². The van der Waals surface area contributed by atoms with Crippen LogP contribution in [0, 0.1) is 5.92 Å². The molecule has 0 aliphatic rings. The molecule has 0 aliphatic carbocycles. The Morgan fingerprint density at radius 1 is 1.36 bits per heavy atom. The third-order valence-electron chi connectivity index (χ3n) is 2.28. The first-order chi connectivity index (χ1) is 6.57. The van der Waals surface area contributed by atoms with Gasteiger partial charge < -0.3 is 11.1 Å². The van der Waals surface area contributed by atoms with Crippen molar-refractivity contribution in [3.63, 3.8) is 0 Å².